The van der Waals surface area contributed by atoms with Crippen LogP contribution in [-0.2, 0) is 20.2 Å². The maximum atomic E-state index is 11.6. The van der Waals surface area contributed by atoms with Crippen LogP contribution >= 0.6 is 0 Å². The van der Waals surface area contributed by atoms with Gasteiger partial charge in [0, 0.05) is 0 Å². The van der Waals surface area contributed by atoms with Crippen LogP contribution in [0.2, 0.25) is 0 Å². The van der Waals surface area contributed by atoms with Crippen molar-refractivity contribution >= 4 is 48.1 Å². The molecule has 0 radical (unpaired) electrons. The quantitative estimate of drug-likeness (QED) is 0.119. The Morgan fingerprint density at radius 2 is 1.48 bits per heavy atom. The smallest absolute Gasteiger partial charge is 0.744 e. The zero-order valence-corrected chi connectivity index (χ0v) is 24.4. The molecule has 3 aromatic carbocycles. The van der Waals surface area contributed by atoms with Crippen molar-refractivity contribution in [1.29, 1.82) is 0 Å². The summed E-state index contributed by atoms with van der Waals surface area (Å²) >= 11 is 0. The van der Waals surface area contributed by atoms with Crippen molar-refractivity contribution in [2.24, 2.45) is 10.2 Å². The topological polar surface area (TPSA) is 185 Å². The molecule has 0 aliphatic heterocycles. The van der Waals surface area contributed by atoms with E-state index in [0.717, 1.165) is 30.3 Å². The second-order valence-corrected chi connectivity index (χ2v) is 8.28. The summed E-state index contributed by atoms with van der Waals surface area (Å²) in [6.45, 7) is 0. The van der Waals surface area contributed by atoms with E-state index < -0.39 is 41.5 Å². The van der Waals surface area contributed by atoms with E-state index >= 15 is 0 Å². The molecule has 3 aromatic rings. The van der Waals surface area contributed by atoms with Crippen LogP contribution in [0.4, 0.5) is 17.1 Å². The van der Waals surface area contributed by atoms with Crippen molar-refractivity contribution in [3.8, 4) is 5.75 Å². The van der Waals surface area contributed by atoms with Gasteiger partial charge in [-0.3, -0.25) is 0 Å². The molecule has 31 heavy (non-hydrogen) atoms. The van der Waals surface area contributed by atoms with Crippen LogP contribution in [0, 0.1) is 6.07 Å². The predicted octanol–water partition coefficient (Wildman–Crippen LogP) is -6.84. The predicted molar refractivity (Wildman–Crippen MR) is 95.4 cm³/mol. The number of nitrogens with two attached hydrogens (primary N) is 1. The van der Waals surface area contributed by atoms with E-state index in [1.165, 1.54) is 12.1 Å². The number of phenolic OH excluding ortho intramolecular Hbond substituents is 1. The molecule has 0 atom stereocenters. The van der Waals surface area contributed by atoms with E-state index in [1.54, 1.807) is 0 Å². The third-order valence-corrected chi connectivity index (χ3v) is 5.40. The van der Waals surface area contributed by atoms with Gasteiger partial charge in [0.25, 0.3) is 0 Å². The molecular formula is C16H10N3Na3O7S2. The molecule has 0 unspecified atom stereocenters. The van der Waals surface area contributed by atoms with E-state index in [0.29, 0.717) is 0 Å². The van der Waals surface area contributed by atoms with Crippen molar-refractivity contribution in [3.63, 3.8) is 0 Å². The third-order valence-electron chi connectivity index (χ3n) is 3.70. The SMILES string of the molecule is Nc1c[c-]cc2cc(S(=O)(=O)[O-])c(N=Nc3ccc(S(=O)(=O)[O-])cc3)c(O)c12.[Na+].[Na+].[Na+]. The molecule has 0 spiro atoms. The molecule has 0 saturated carbocycles. The fourth-order valence-electron chi connectivity index (χ4n) is 2.44. The standard InChI is InChI=1S/C16H12N3O7S2.3Na/c17-12-3-1-2-9-8-13(28(24,25)26)15(16(20)14(9)12)19-18-10-4-6-11(7-5-10)27(21,22)23;;;/h2-8,20H,17H2,(H,21,22,23)(H,24,25,26);;;/q-1;3*+1/p-2. The van der Waals surface area contributed by atoms with Crippen LogP contribution in [0.5, 0.6) is 5.75 Å². The maximum Gasteiger partial charge on any atom is 1.00 e. The molecule has 10 nitrogen and oxygen atoms in total. The Bertz CT molecular complexity index is 1330. The van der Waals surface area contributed by atoms with Gasteiger partial charge < -0.3 is 19.9 Å². The summed E-state index contributed by atoms with van der Waals surface area (Å²) in [6, 6.07) is 10.6. The number of aromatic hydroxyl groups is 1. The van der Waals surface area contributed by atoms with Gasteiger partial charge in [-0.2, -0.15) is 23.3 Å². The molecule has 3 N–H and O–H groups in total. The van der Waals surface area contributed by atoms with Gasteiger partial charge in [0.1, 0.15) is 31.7 Å². The Balaban J connectivity index is 0.00000300. The van der Waals surface area contributed by atoms with Crippen LogP contribution in [0.1, 0.15) is 0 Å². The number of fused-ring (bicyclic) bond motifs is 1. The summed E-state index contributed by atoms with van der Waals surface area (Å²) in [5, 5.41) is 18.0. The van der Waals surface area contributed by atoms with Gasteiger partial charge >= 0.3 is 88.7 Å². The molecule has 0 amide bonds. The molecule has 0 aromatic heterocycles. The van der Waals surface area contributed by atoms with Crippen LogP contribution in [0.15, 0.2) is 62.5 Å². The summed E-state index contributed by atoms with van der Waals surface area (Å²) in [5.41, 5.74) is 5.26. The van der Waals surface area contributed by atoms with E-state index in [4.69, 9.17) is 5.73 Å². The number of hydrogen-bond acceptors (Lipinski definition) is 10. The zero-order chi connectivity index (χ0) is 20.7. The summed E-state index contributed by atoms with van der Waals surface area (Å²) < 4.78 is 67.5. The number of hydrogen-bond donors (Lipinski definition) is 2. The average Bonchev–Trinajstić information content (AvgIpc) is 2.59. The monoisotopic (exact) mass is 489 g/mol. The fraction of sp³-hybridized carbons (Fsp3) is 0. The number of benzene rings is 3. The summed E-state index contributed by atoms with van der Waals surface area (Å²) in [4.78, 5) is -1.31. The normalized spacial score (nSPS) is 11.4. The van der Waals surface area contributed by atoms with E-state index in [2.05, 4.69) is 16.3 Å². The summed E-state index contributed by atoms with van der Waals surface area (Å²) in [5.74, 6) is -0.666. The van der Waals surface area contributed by atoms with Crippen LogP contribution in [0.25, 0.3) is 10.8 Å². The molecule has 0 fully saturated rings. The number of azo groups is 1. The van der Waals surface area contributed by atoms with Gasteiger partial charge in [-0.15, -0.1) is 10.5 Å². The van der Waals surface area contributed by atoms with Gasteiger partial charge in [0.15, 0.2) is 0 Å². The molecule has 146 valence electrons. The number of phenols is 1. The number of nitrogen functional groups attached to an aromatic ring is 1. The molecule has 0 bridgehead atoms. The molecular weight excluding hydrogens is 479 g/mol. The first-order valence-corrected chi connectivity index (χ1v) is 10.2. The first-order chi connectivity index (χ1) is 13.0. The minimum absolute atomic E-state index is 0. The van der Waals surface area contributed by atoms with E-state index in [-0.39, 0.29) is 111 Å². The second-order valence-electron chi connectivity index (χ2n) is 5.55. The van der Waals surface area contributed by atoms with Crippen molar-refractivity contribution in [2.75, 3.05) is 5.73 Å². The minimum Gasteiger partial charge on any atom is -0.744 e. The third kappa shape index (κ3) is 7.21. The number of rotatable bonds is 4. The van der Waals surface area contributed by atoms with Crippen LogP contribution in [0.3, 0.4) is 0 Å². The Morgan fingerprint density at radius 1 is 0.903 bits per heavy atom. The second kappa shape index (κ2) is 11.9. The van der Waals surface area contributed by atoms with Gasteiger partial charge in [-0.25, -0.2) is 16.8 Å². The average molecular weight is 489 g/mol. The Labute approximate surface area is 244 Å². The molecule has 0 heterocycles. The molecule has 15 heteroatoms. The van der Waals surface area contributed by atoms with Crippen LogP contribution < -0.4 is 94.4 Å². The Kier molecular flexibility index (Phi) is 11.9. The van der Waals surface area contributed by atoms with Gasteiger partial charge in [-0.1, -0.05) is 17.1 Å². The summed E-state index contributed by atoms with van der Waals surface area (Å²) in [7, 11) is -9.68. The molecule has 3 rings (SSSR count). The van der Waals surface area contributed by atoms with Crippen molar-refractivity contribution in [2.45, 2.75) is 9.79 Å². The van der Waals surface area contributed by atoms with Gasteiger partial charge in [0.2, 0.25) is 0 Å². The van der Waals surface area contributed by atoms with Crippen molar-refractivity contribution in [1.82, 2.24) is 0 Å². The Morgan fingerprint density at radius 3 is 2.00 bits per heavy atom. The van der Waals surface area contributed by atoms with Gasteiger partial charge in [0.05, 0.1) is 15.5 Å². The van der Waals surface area contributed by atoms with E-state index in [1.807, 2.05) is 0 Å². The molecule has 0 saturated heterocycles. The minimum atomic E-state index is -5.03. The maximum absolute atomic E-state index is 11.6. The zero-order valence-electron chi connectivity index (χ0n) is 16.7. The fourth-order valence-corrected chi connectivity index (χ4v) is 3.55. The van der Waals surface area contributed by atoms with Crippen molar-refractivity contribution < 1.29 is 120 Å². The first-order valence-electron chi connectivity index (χ1n) is 7.37. The number of nitrogens with zero attached hydrogens (tertiary/aromatic N) is 2. The van der Waals surface area contributed by atoms with Gasteiger partial charge in [-0.05, 0) is 24.3 Å². The first kappa shape index (κ1) is 30.9. The number of anilines is 1. The van der Waals surface area contributed by atoms with E-state index in [9.17, 15) is 31.0 Å². The van der Waals surface area contributed by atoms with Crippen molar-refractivity contribution in [3.05, 3.63) is 48.5 Å². The molecule has 0 aliphatic rings. The molecule has 0 aliphatic carbocycles. The van der Waals surface area contributed by atoms with Crippen LogP contribution in [-0.4, -0.2) is 31.0 Å². The summed E-state index contributed by atoms with van der Waals surface area (Å²) in [6.07, 6.45) is 0. The Hall–Kier alpha value is -0.0600. The largest absolute Gasteiger partial charge is 1.00 e.